The number of carbonyl (C=O) groups is 2. The van der Waals surface area contributed by atoms with Crippen LogP contribution in [0.3, 0.4) is 0 Å². The molecule has 0 unspecified atom stereocenters. The van der Waals surface area contributed by atoms with E-state index in [-0.39, 0.29) is 22.8 Å². The second-order valence-corrected chi connectivity index (χ2v) is 23.8. The Labute approximate surface area is 401 Å². The fourth-order valence-electron chi connectivity index (χ4n) is 7.96. The molecule has 0 aromatic heterocycles. The van der Waals surface area contributed by atoms with E-state index in [4.69, 9.17) is 9.47 Å². The van der Waals surface area contributed by atoms with Crippen molar-refractivity contribution >= 4 is 47.2 Å². The van der Waals surface area contributed by atoms with E-state index in [0.29, 0.717) is 24.3 Å². The molecule has 0 fully saturated rings. The highest BCUT2D eigenvalue weighted by atomic mass is 32.2. The minimum atomic E-state index is -0.212. The number of rotatable bonds is 36. The summed E-state index contributed by atoms with van der Waals surface area (Å²) in [5.41, 5.74) is 3.79. The minimum absolute atomic E-state index is 0.156. The van der Waals surface area contributed by atoms with Crippen molar-refractivity contribution in [3.05, 3.63) is 46.5 Å². The fraction of sp³-hybridized carbons (Fsp3) is 0.750. The Morgan fingerprint density at radius 3 is 1.00 bits per heavy atom. The molecule has 0 aliphatic carbocycles. The molecule has 0 radical (unpaired) electrons. The zero-order chi connectivity index (χ0) is 46.4. The molecule has 2 aromatic carbocycles. The molecule has 0 aliphatic rings. The van der Waals surface area contributed by atoms with Gasteiger partial charge in [0.25, 0.3) is 0 Å². The Balaban J connectivity index is 1.84. The van der Waals surface area contributed by atoms with Crippen LogP contribution in [0.25, 0.3) is 0 Å². The maximum absolute atomic E-state index is 13.1. The van der Waals surface area contributed by atoms with Gasteiger partial charge in [0.1, 0.15) is 11.5 Å². The summed E-state index contributed by atoms with van der Waals surface area (Å²) in [7, 11) is 0. The first-order chi connectivity index (χ1) is 30.2. The lowest BCUT2D eigenvalue weighted by Gasteiger charge is -2.26. The van der Waals surface area contributed by atoms with Gasteiger partial charge in [0.15, 0.2) is 0 Å². The second kappa shape index (κ2) is 33.8. The molecular weight excluding hydrogens is 833 g/mol. The Hall–Kier alpha value is -1.57. The first kappa shape index (κ1) is 57.6. The minimum Gasteiger partial charge on any atom is -0.426 e. The molecule has 4 nitrogen and oxygen atoms in total. The average molecular weight is 928 g/mol. The van der Waals surface area contributed by atoms with Gasteiger partial charge in [0.05, 0.1) is 12.8 Å². The highest BCUT2D eigenvalue weighted by Gasteiger charge is 2.26. The third kappa shape index (κ3) is 26.4. The van der Waals surface area contributed by atoms with E-state index in [0.717, 1.165) is 55.1 Å². The van der Waals surface area contributed by atoms with Crippen LogP contribution >= 0.6 is 35.3 Å². The lowest BCUT2D eigenvalue weighted by Crippen LogP contribution is -2.17. The van der Waals surface area contributed by atoms with Gasteiger partial charge in [0.2, 0.25) is 0 Å². The highest BCUT2D eigenvalue weighted by Crippen LogP contribution is 2.43. The molecule has 0 heterocycles. The van der Waals surface area contributed by atoms with Crippen molar-refractivity contribution in [1.82, 2.24) is 0 Å². The van der Waals surface area contributed by atoms with Crippen LogP contribution in [0.2, 0.25) is 0 Å². The number of benzene rings is 2. The monoisotopic (exact) mass is 927 g/mol. The van der Waals surface area contributed by atoms with Crippen LogP contribution in [0.5, 0.6) is 11.5 Å². The van der Waals surface area contributed by atoms with Gasteiger partial charge in [-0.1, -0.05) is 208 Å². The van der Waals surface area contributed by atoms with E-state index in [9.17, 15) is 9.59 Å². The van der Waals surface area contributed by atoms with E-state index in [1.165, 1.54) is 154 Å². The van der Waals surface area contributed by atoms with Crippen LogP contribution in [0.15, 0.2) is 34.1 Å². The van der Waals surface area contributed by atoms with Crippen molar-refractivity contribution in [2.24, 2.45) is 0 Å². The Morgan fingerprint density at radius 2 is 0.714 bits per heavy atom. The third-order valence-electron chi connectivity index (χ3n) is 12.0. The predicted octanol–water partition coefficient (Wildman–Crippen LogP) is 18.5. The van der Waals surface area contributed by atoms with Crippen molar-refractivity contribution < 1.29 is 19.1 Å². The molecule has 0 saturated heterocycles. The lowest BCUT2D eigenvalue weighted by atomic mass is 9.85. The number of esters is 2. The summed E-state index contributed by atoms with van der Waals surface area (Å²) in [5.74, 6) is 4.85. The van der Waals surface area contributed by atoms with E-state index >= 15 is 0 Å². The molecule has 0 saturated carbocycles. The van der Waals surface area contributed by atoms with Gasteiger partial charge in [-0.25, -0.2) is 0 Å². The van der Waals surface area contributed by atoms with Crippen LogP contribution < -0.4 is 9.47 Å². The molecule has 0 aliphatic heterocycles. The zero-order valence-corrected chi connectivity index (χ0v) is 44.8. The number of ether oxygens (including phenoxy) is 2. The molecule has 0 amide bonds. The molecule has 7 heteroatoms. The van der Waals surface area contributed by atoms with Crippen molar-refractivity contribution in [3.63, 3.8) is 0 Å². The standard InChI is InChI=1S/C56H94O4S3/c1-11-13-15-17-19-21-23-25-27-29-31-33-37-61-39-35-53(57)59-49-41-45(3)51(43-47(49)55(5,6)7)63-52-44-48(56(8,9)10)50(42-46(52)4)60-54(58)36-40-62-38-34-32-30-28-26-24-22-20-18-16-14-12-2/h41-44H,11-40H2,1-10H3. The van der Waals surface area contributed by atoms with Crippen molar-refractivity contribution in [2.75, 3.05) is 23.0 Å². The van der Waals surface area contributed by atoms with Crippen molar-refractivity contribution in [3.8, 4) is 11.5 Å². The summed E-state index contributed by atoms with van der Waals surface area (Å²) in [4.78, 5) is 28.5. The van der Waals surface area contributed by atoms with Gasteiger partial charge in [-0.05, 0) is 84.4 Å². The van der Waals surface area contributed by atoms with Gasteiger partial charge in [-0.3, -0.25) is 9.59 Å². The van der Waals surface area contributed by atoms with Gasteiger partial charge in [-0.2, -0.15) is 23.5 Å². The smallest absolute Gasteiger partial charge is 0.312 e. The summed E-state index contributed by atoms with van der Waals surface area (Å²) >= 11 is 5.49. The van der Waals surface area contributed by atoms with Crippen LogP contribution in [-0.4, -0.2) is 35.0 Å². The summed E-state index contributed by atoms with van der Waals surface area (Å²) < 4.78 is 12.2. The highest BCUT2D eigenvalue weighted by molar-refractivity contribution is 7.99. The molecule has 63 heavy (non-hydrogen) atoms. The topological polar surface area (TPSA) is 52.6 Å². The first-order valence-electron chi connectivity index (χ1n) is 25.7. The molecule has 0 bridgehead atoms. The molecule has 0 atom stereocenters. The summed E-state index contributed by atoms with van der Waals surface area (Å²) in [6, 6.07) is 8.52. The normalized spacial score (nSPS) is 12.0. The lowest BCUT2D eigenvalue weighted by molar-refractivity contribution is -0.134. The predicted molar refractivity (Wildman–Crippen MR) is 281 cm³/mol. The summed E-state index contributed by atoms with van der Waals surface area (Å²) in [6.07, 6.45) is 33.5. The van der Waals surface area contributed by atoms with E-state index < -0.39 is 0 Å². The van der Waals surface area contributed by atoms with Gasteiger partial charge in [0, 0.05) is 32.4 Å². The van der Waals surface area contributed by atoms with Crippen LogP contribution in [0.1, 0.15) is 245 Å². The first-order valence-corrected chi connectivity index (χ1v) is 28.8. The van der Waals surface area contributed by atoms with Gasteiger partial charge >= 0.3 is 11.9 Å². The quantitative estimate of drug-likeness (QED) is 0.0383. The molecule has 360 valence electrons. The number of carbonyl (C=O) groups excluding carboxylic acids is 2. The molecule has 2 aromatic rings. The van der Waals surface area contributed by atoms with E-state index in [1.54, 1.807) is 11.8 Å². The number of hydrogen-bond acceptors (Lipinski definition) is 7. The Bertz CT molecular complexity index is 1430. The summed E-state index contributed by atoms with van der Waals surface area (Å²) in [5, 5.41) is 0. The largest absolute Gasteiger partial charge is 0.426 e. The molecule has 2 rings (SSSR count). The van der Waals surface area contributed by atoms with Crippen molar-refractivity contribution in [1.29, 1.82) is 0 Å². The van der Waals surface area contributed by atoms with Crippen LogP contribution in [-0.2, 0) is 20.4 Å². The molecule has 0 N–H and O–H groups in total. The van der Waals surface area contributed by atoms with Crippen molar-refractivity contribution in [2.45, 2.75) is 257 Å². The van der Waals surface area contributed by atoms with Gasteiger partial charge in [-0.15, -0.1) is 0 Å². The average Bonchev–Trinajstić information content (AvgIpc) is 3.21. The van der Waals surface area contributed by atoms with Gasteiger partial charge < -0.3 is 9.47 Å². The summed E-state index contributed by atoms with van der Waals surface area (Å²) in [6.45, 7) is 21.8. The van der Waals surface area contributed by atoms with Crippen LogP contribution in [0, 0.1) is 13.8 Å². The number of unbranched alkanes of at least 4 members (excludes halogenated alkanes) is 22. The fourth-order valence-corrected chi connectivity index (χ4v) is 10.8. The SMILES string of the molecule is CCCCCCCCCCCCCCSCCC(=O)Oc1cc(C)c(Sc2cc(C(C)(C)C)c(OC(=O)CCSCCCCCCCCCCCCCC)cc2C)cc1C(C)(C)C. The number of aryl methyl sites for hydroxylation is 2. The van der Waals surface area contributed by atoms with E-state index in [1.807, 2.05) is 35.7 Å². The zero-order valence-electron chi connectivity index (χ0n) is 42.4. The number of hydrogen-bond donors (Lipinski definition) is 0. The second-order valence-electron chi connectivity index (χ2n) is 20.3. The van der Waals surface area contributed by atoms with E-state index in [2.05, 4.69) is 81.4 Å². The number of thioether (sulfide) groups is 2. The third-order valence-corrected chi connectivity index (χ3v) is 15.5. The maximum Gasteiger partial charge on any atom is 0.312 e. The Kier molecular flexibility index (Phi) is 30.9. The Morgan fingerprint density at radius 1 is 0.429 bits per heavy atom. The van der Waals surface area contributed by atoms with Crippen LogP contribution in [0.4, 0.5) is 0 Å². The molecular formula is C56H94O4S3. The molecule has 0 spiro atoms. The maximum atomic E-state index is 13.1.